The summed E-state index contributed by atoms with van der Waals surface area (Å²) in [4.78, 5) is 28.0. The van der Waals surface area contributed by atoms with E-state index in [2.05, 4.69) is 9.72 Å². The average molecular weight is 300 g/mol. The van der Waals surface area contributed by atoms with Crippen LogP contribution < -0.4 is 9.64 Å². The van der Waals surface area contributed by atoms with Crippen molar-refractivity contribution >= 4 is 18.4 Å². The maximum Gasteiger partial charge on any atom is 0.423 e. The van der Waals surface area contributed by atoms with Gasteiger partial charge in [-0.1, -0.05) is 18.2 Å². The van der Waals surface area contributed by atoms with Crippen molar-refractivity contribution in [2.24, 2.45) is 0 Å². The van der Waals surface area contributed by atoms with Gasteiger partial charge in [-0.25, -0.2) is 9.78 Å². The van der Waals surface area contributed by atoms with E-state index in [1.54, 1.807) is 31.5 Å². The molecule has 0 saturated carbocycles. The van der Waals surface area contributed by atoms with Crippen molar-refractivity contribution in [3.05, 3.63) is 53.7 Å². The summed E-state index contributed by atoms with van der Waals surface area (Å²) in [7, 11) is 1.58. The van der Waals surface area contributed by atoms with Crippen molar-refractivity contribution in [2.75, 3.05) is 12.0 Å². The van der Waals surface area contributed by atoms with Crippen molar-refractivity contribution in [1.29, 1.82) is 0 Å². The molecule has 1 heterocycles. The molecule has 0 atom stereocenters. The molecule has 1 amide bonds. The molecule has 0 aliphatic heterocycles. The first-order valence-electron chi connectivity index (χ1n) is 6.62. The number of benzene rings is 1. The zero-order valence-electron chi connectivity index (χ0n) is 12.4. The fourth-order valence-electron chi connectivity index (χ4n) is 2.00. The minimum absolute atomic E-state index is 0.113. The van der Waals surface area contributed by atoms with Crippen LogP contribution >= 0.6 is 0 Å². The summed E-state index contributed by atoms with van der Waals surface area (Å²) in [5.74, 6) is 1.17. The van der Waals surface area contributed by atoms with Gasteiger partial charge in [-0.05, 0) is 36.2 Å². The van der Waals surface area contributed by atoms with E-state index in [-0.39, 0.29) is 13.0 Å². The molecule has 0 radical (unpaired) electrons. The van der Waals surface area contributed by atoms with Gasteiger partial charge >= 0.3 is 12.6 Å². The summed E-state index contributed by atoms with van der Waals surface area (Å²) in [5.41, 5.74) is 1.66. The van der Waals surface area contributed by atoms with Crippen LogP contribution in [-0.2, 0) is 16.1 Å². The summed E-state index contributed by atoms with van der Waals surface area (Å²) in [6.45, 7) is 2.17. The minimum Gasteiger partial charge on any atom is -0.497 e. The Morgan fingerprint density at radius 2 is 2.00 bits per heavy atom. The summed E-state index contributed by atoms with van der Waals surface area (Å²) >= 11 is 0. The van der Waals surface area contributed by atoms with Crippen LogP contribution in [0.25, 0.3) is 0 Å². The molecule has 0 aliphatic rings. The topological polar surface area (TPSA) is 68.7 Å². The number of amides is 1. The number of carbonyl (C=O) groups excluding carboxylic acids is 2. The minimum atomic E-state index is -0.771. The highest BCUT2D eigenvalue weighted by atomic mass is 16.6. The number of anilines is 1. The van der Waals surface area contributed by atoms with Gasteiger partial charge in [-0.2, -0.15) is 0 Å². The molecule has 2 rings (SSSR count). The zero-order chi connectivity index (χ0) is 15.9. The summed E-state index contributed by atoms with van der Waals surface area (Å²) in [6.07, 6.45) is 0.810. The first-order valence-corrected chi connectivity index (χ1v) is 6.62. The molecule has 1 aromatic carbocycles. The lowest BCUT2D eigenvalue weighted by Gasteiger charge is -2.21. The highest BCUT2D eigenvalue weighted by molar-refractivity contribution is 5.90. The predicted molar refractivity (Wildman–Crippen MR) is 80.7 cm³/mol. The van der Waals surface area contributed by atoms with E-state index in [1.807, 2.05) is 25.1 Å². The lowest BCUT2D eigenvalue weighted by atomic mass is 10.2. The van der Waals surface area contributed by atoms with Gasteiger partial charge in [-0.15, -0.1) is 0 Å². The smallest absolute Gasteiger partial charge is 0.423 e. The van der Waals surface area contributed by atoms with E-state index in [0.29, 0.717) is 5.82 Å². The van der Waals surface area contributed by atoms with Gasteiger partial charge in [0.1, 0.15) is 11.6 Å². The molecule has 0 bridgehead atoms. The number of hydrogen-bond donors (Lipinski definition) is 0. The van der Waals surface area contributed by atoms with E-state index in [1.165, 1.54) is 4.90 Å². The summed E-state index contributed by atoms with van der Waals surface area (Å²) in [5, 5.41) is 0. The van der Waals surface area contributed by atoms with Crippen LogP contribution in [0.2, 0.25) is 0 Å². The number of aryl methyl sites for hydroxylation is 1. The van der Waals surface area contributed by atoms with Gasteiger partial charge in [-0.3, -0.25) is 9.69 Å². The van der Waals surface area contributed by atoms with Gasteiger partial charge in [0.15, 0.2) is 0 Å². The molecule has 1 aromatic heterocycles. The molecule has 0 unspecified atom stereocenters. The number of carbonyl (C=O) groups is 2. The first kappa shape index (κ1) is 15.5. The Morgan fingerprint density at radius 3 is 2.59 bits per heavy atom. The first-order chi connectivity index (χ1) is 10.7. The molecule has 0 spiro atoms. The molecule has 0 fully saturated rings. The van der Waals surface area contributed by atoms with Gasteiger partial charge in [0.25, 0.3) is 0 Å². The molecule has 22 heavy (non-hydrogen) atoms. The molecule has 114 valence electrons. The zero-order valence-corrected chi connectivity index (χ0v) is 12.4. The summed E-state index contributed by atoms with van der Waals surface area (Å²) < 4.78 is 9.57. The van der Waals surface area contributed by atoms with E-state index in [0.717, 1.165) is 16.9 Å². The van der Waals surface area contributed by atoms with Crippen molar-refractivity contribution in [3.63, 3.8) is 0 Å². The molecule has 2 aromatic rings. The fraction of sp³-hybridized carbons (Fsp3) is 0.188. The Balaban J connectivity index is 2.30. The standard InChI is InChI=1S/C16H16N2O4/c1-12-4-3-9-17-15(12)18(16(20)22-11-19)10-13-5-7-14(21-2)8-6-13/h3-9,11H,10H2,1-2H3. The van der Waals surface area contributed by atoms with Crippen molar-refractivity contribution in [3.8, 4) is 5.75 Å². The maximum atomic E-state index is 12.0. The van der Waals surface area contributed by atoms with Gasteiger partial charge < -0.3 is 9.47 Å². The molecular weight excluding hydrogens is 284 g/mol. The predicted octanol–water partition coefficient (Wildman–Crippen LogP) is 2.70. The molecule has 6 heteroatoms. The molecule has 0 aliphatic carbocycles. The van der Waals surface area contributed by atoms with E-state index in [4.69, 9.17) is 4.74 Å². The Hall–Kier alpha value is -2.89. The monoisotopic (exact) mass is 300 g/mol. The lowest BCUT2D eigenvalue weighted by Crippen LogP contribution is -2.32. The van der Waals surface area contributed by atoms with Crippen LogP contribution in [0.5, 0.6) is 5.75 Å². The van der Waals surface area contributed by atoms with Crippen LogP contribution in [0, 0.1) is 6.92 Å². The lowest BCUT2D eigenvalue weighted by molar-refractivity contribution is -0.123. The Bertz CT molecular complexity index is 655. The third-order valence-electron chi connectivity index (χ3n) is 3.11. The Labute approximate surface area is 128 Å². The van der Waals surface area contributed by atoms with E-state index < -0.39 is 6.09 Å². The normalized spacial score (nSPS) is 9.91. The van der Waals surface area contributed by atoms with E-state index >= 15 is 0 Å². The Morgan fingerprint density at radius 1 is 1.27 bits per heavy atom. The van der Waals surface area contributed by atoms with Crippen LogP contribution in [-0.4, -0.2) is 24.7 Å². The number of pyridine rings is 1. The van der Waals surface area contributed by atoms with Crippen molar-refractivity contribution in [1.82, 2.24) is 4.98 Å². The van der Waals surface area contributed by atoms with Crippen LogP contribution in [0.4, 0.5) is 10.6 Å². The summed E-state index contributed by atoms with van der Waals surface area (Å²) in [6, 6.07) is 10.9. The third kappa shape index (κ3) is 3.60. The van der Waals surface area contributed by atoms with Gasteiger partial charge in [0, 0.05) is 6.20 Å². The SMILES string of the molecule is COc1ccc(CN(C(=O)OC=O)c2ncccc2C)cc1. The Kier molecular flexibility index (Phi) is 5.08. The quantitative estimate of drug-likeness (QED) is 0.627. The van der Waals surface area contributed by atoms with Gasteiger partial charge in [0.2, 0.25) is 0 Å². The largest absolute Gasteiger partial charge is 0.497 e. The number of rotatable bonds is 5. The number of hydrogen-bond acceptors (Lipinski definition) is 5. The molecule has 0 N–H and O–H groups in total. The molecule has 6 nitrogen and oxygen atoms in total. The molecular formula is C16H16N2O4. The third-order valence-corrected chi connectivity index (χ3v) is 3.11. The van der Waals surface area contributed by atoms with Crippen molar-refractivity contribution in [2.45, 2.75) is 13.5 Å². The fourth-order valence-corrected chi connectivity index (χ4v) is 2.00. The number of ether oxygens (including phenoxy) is 2. The van der Waals surface area contributed by atoms with Crippen LogP contribution in [0.1, 0.15) is 11.1 Å². The second kappa shape index (κ2) is 7.21. The molecule has 0 saturated heterocycles. The highest BCUT2D eigenvalue weighted by Crippen LogP contribution is 2.21. The second-order valence-electron chi connectivity index (χ2n) is 4.56. The number of methoxy groups -OCH3 is 1. The average Bonchev–Trinajstić information content (AvgIpc) is 2.54. The van der Waals surface area contributed by atoms with Crippen molar-refractivity contribution < 1.29 is 19.1 Å². The maximum absolute atomic E-state index is 12.0. The number of aromatic nitrogens is 1. The van der Waals surface area contributed by atoms with Crippen LogP contribution in [0.3, 0.4) is 0 Å². The second-order valence-corrected chi connectivity index (χ2v) is 4.56. The van der Waals surface area contributed by atoms with Gasteiger partial charge in [0.05, 0.1) is 13.7 Å². The number of nitrogens with zero attached hydrogens (tertiary/aromatic N) is 2. The highest BCUT2D eigenvalue weighted by Gasteiger charge is 2.20. The van der Waals surface area contributed by atoms with E-state index in [9.17, 15) is 9.59 Å². The van der Waals surface area contributed by atoms with Crippen LogP contribution in [0.15, 0.2) is 42.6 Å².